The Morgan fingerprint density at radius 1 is 1.46 bits per heavy atom. The molecule has 0 bridgehead atoms. The second kappa shape index (κ2) is 2.72. The summed E-state index contributed by atoms with van der Waals surface area (Å²) >= 11 is 0. The van der Waals surface area contributed by atoms with Crippen LogP contribution >= 0.6 is 0 Å². The first-order valence-corrected chi connectivity index (χ1v) is 4.30. The molecule has 1 aromatic rings. The fourth-order valence-corrected chi connectivity index (χ4v) is 1.37. The molecule has 0 fully saturated rings. The number of halogens is 1. The van der Waals surface area contributed by atoms with Crippen LogP contribution in [0.5, 0.6) is 5.75 Å². The Morgan fingerprint density at radius 3 is 3.00 bits per heavy atom. The predicted molar refractivity (Wildman–Crippen MR) is 48.1 cm³/mol. The first-order valence-electron chi connectivity index (χ1n) is 4.30. The van der Waals surface area contributed by atoms with Gasteiger partial charge in [-0.3, -0.25) is 0 Å². The molecule has 1 nitrogen and oxygen atoms in total. The maximum absolute atomic E-state index is 13.2. The number of hydrogen-bond acceptors (Lipinski definition) is 1. The fourth-order valence-electron chi connectivity index (χ4n) is 1.37. The molecule has 13 heavy (non-hydrogen) atoms. The molecule has 2 heteroatoms. The summed E-state index contributed by atoms with van der Waals surface area (Å²) in [6.07, 6.45) is 3.83. The van der Waals surface area contributed by atoms with E-state index in [2.05, 4.69) is 6.42 Å². The summed E-state index contributed by atoms with van der Waals surface area (Å²) in [7, 11) is 0. The highest BCUT2D eigenvalue weighted by Gasteiger charge is 2.28. The van der Waals surface area contributed by atoms with Crippen molar-refractivity contribution in [1.29, 1.82) is 0 Å². The Labute approximate surface area is 77.5 Å². The Balaban J connectivity index is 2.44. The van der Waals surface area contributed by atoms with Crippen molar-refractivity contribution >= 4 is 0 Å². The van der Waals surface area contributed by atoms with E-state index in [0.29, 0.717) is 12.2 Å². The minimum Gasteiger partial charge on any atom is -0.484 e. The van der Waals surface area contributed by atoms with Crippen LogP contribution in [-0.2, 0) is 0 Å². The molecule has 2 rings (SSSR count). The largest absolute Gasteiger partial charge is 0.484 e. The van der Waals surface area contributed by atoms with E-state index in [1.807, 2.05) is 19.9 Å². The van der Waals surface area contributed by atoms with Gasteiger partial charge in [-0.15, -0.1) is 0 Å². The molecule has 0 unspecified atom stereocenters. The highest BCUT2D eigenvalue weighted by molar-refractivity contribution is 5.42. The van der Waals surface area contributed by atoms with E-state index in [1.54, 1.807) is 6.07 Å². The van der Waals surface area contributed by atoms with Crippen LogP contribution in [0.3, 0.4) is 0 Å². The zero-order valence-corrected chi connectivity index (χ0v) is 7.73. The third-order valence-corrected chi connectivity index (χ3v) is 2.05. The second-order valence-corrected chi connectivity index (χ2v) is 3.83. The van der Waals surface area contributed by atoms with Crippen LogP contribution in [0.4, 0.5) is 4.39 Å². The molecule has 0 spiro atoms. The summed E-state index contributed by atoms with van der Waals surface area (Å²) in [5.41, 5.74) is 0.397. The molecule has 1 heterocycles. The van der Waals surface area contributed by atoms with Gasteiger partial charge in [0.1, 0.15) is 5.60 Å². The van der Waals surface area contributed by atoms with Crippen molar-refractivity contribution in [3.63, 3.8) is 0 Å². The summed E-state index contributed by atoms with van der Waals surface area (Å²) < 4.78 is 18.8. The normalized spacial score (nSPS) is 19.0. The van der Waals surface area contributed by atoms with Gasteiger partial charge in [-0.25, -0.2) is 4.39 Å². The van der Waals surface area contributed by atoms with Crippen LogP contribution < -0.4 is 4.74 Å². The number of para-hydroxylation sites is 1. The lowest BCUT2D eigenvalue weighted by atomic mass is 9.94. The van der Waals surface area contributed by atoms with Crippen LogP contribution in [0.1, 0.15) is 25.8 Å². The Kier molecular flexibility index (Phi) is 1.79. The quantitative estimate of drug-likeness (QED) is 0.593. The van der Waals surface area contributed by atoms with Gasteiger partial charge < -0.3 is 4.74 Å². The molecule has 0 amide bonds. The topological polar surface area (TPSA) is 9.23 Å². The average Bonchev–Trinajstić information content (AvgIpc) is 2.06. The molecule has 0 saturated heterocycles. The van der Waals surface area contributed by atoms with Crippen LogP contribution in [0, 0.1) is 12.2 Å². The highest BCUT2D eigenvalue weighted by Crippen LogP contribution is 2.35. The number of ether oxygens (including phenoxy) is 1. The third kappa shape index (κ3) is 1.53. The molecule has 0 atom stereocenters. The van der Waals surface area contributed by atoms with E-state index in [1.165, 1.54) is 6.07 Å². The number of fused-ring (bicyclic) bond motifs is 1. The summed E-state index contributed by atoms with van der Waals surface area (Å²) in [5.74, 6) is 0.0246. The van der Waals surface area contributed by atoms with E-state index in [9.17, 15) is 4.39 Å². The van der Waals surface area contributed by atoms with Gasteiger partial charge in [0, 0.05) is 12.0 Å². The zero-order chi connectivity index (χ0) is 9.47. The standard InChI is InChI=1S/C11H11FO/c1-11(2)7-6-8-4-3-5-9(12)10(8)13-11/h3-5H,7H2,1-2H3. The van der Waals surface area contributed by atoms with E-state index in [4.69, 9.17) is 4.74 Å². The monoisotopic (exact) mass is 178 g/mol. The maximum atomic E-state index is 13.2. The summed E-state index contributed by atoms with van der Waals surface area (Å²) in [5, 5.41) is 0. The molecule has 1 aliphatic rings. The summed E-state index contributed by atoms with van der Waals surface area (Å²) in [6, 6.07) is 4.89. The summed E-state index contributed by atoms with van der Waals surface area (Å²) in [4.78, 5) is 0. The predicted octanol–water partition coefficient (Wildman–Crippen LogP) is 2.82. The van der Waals surface area contributed by atoms with Crippen molar-refractivity contribution in [1.82, 2.24) is 0 Å². The van der Waals surface area contributed by atoms with Crippen molar-refractivity contribution in [2.24, 2.45) is 0 Å². The number of benzene rings is 1. The van der Waals surface area contributed by atoms with Gasteiger partial charge in [0.05, 0.1) is 0 Å². The van der Waals surface area contributed by atoms with Gasteiger partial charge in [0.15, 0.2) is 11.6 Å². The maximum Gasteiger partial charge on any atom is 0.165 e. The average molecular weight is 178 g/mol. The van der Waals surface area contributed by atoms with E-state index >= 15 is 0 Å². The molecule has 0 aromatic heterocycles. The second-order valence-electron chi connectivity index (χ2n) is 3.83. The molecular weight excluding hydrogens is 167 g/mol. The van der Waals surface area contributed by atoms with Crippen molar-refractivity contribution in [3.05, 3.63) is 36.0 Å². The van der Waals surface area contributed by atoms with Gasteiger partial charge in [0.2, 0.25) is 0 Å². The van der Waals surface area contributed by atoms with Gasteiger partial charge in [-0.1, -0.05) is 12.1 Å². The molecule has 68 valence electrons. The molecule has 0 N–H and O–H groups in total. The van der Waals surface area contributed by atoms with Gasteiger partial charge >= 0.3 is 0 Å². The van der Waals surface area contributed by atoms with Crippen molar-refractivity contribution in [2.45, 2.75) is 25.9 Å². The molecule has 2 radical (unpaired) electrons. The Bertz CT molecular complexity index is 331. The van der Waals surface area contributed by atoms with Crippen LogP contribution in [-0.4, -0.2) is 5.60 Å². The van der Waals surface area contributed by atoms with Gasteiger partial charge in [0.25, 0.3) is 0 Å². The first-order chi connectivity index (χ1) is 6.08. The molecule has 0 saturated carbocycles. The third-order valence-electron chi connectivity index (χ3n) is 2.05. The lowest BCUT2D eigenvalue weighted by molar-refractivity contribution is 0.0928. The minimum absolute atomic E-state index is 0.308. The van der Waals surface area contributed by atoms with E-state index < -0.39 is 0 Å². The van der Waals surface area contributed by atoms with Gasteiger partial charge in [-0.2, -0.15) is 0 Å². The molecule has 0 aliphatic carbocycles. The Hall–Kier alpha value is -1.05. The first kappa shape index (κ1) is 8.54. The molecule has 1 aromatic carbocycles. The van der Waals surface area contributed by atoms with Crippen molar-refractivity contribution in [2.75, 3.05) is 0 Å². The zero-order valence-electron chi connectivity index (χ0n) is 7.73. The highest BCUT2D eigenvalue weighted by atomic mass is 19.1. The molecule has 1 aliphatic heterocycles. The van der Waals surface area contributed by atoms with Crippen LogP contribution in [0.25, 0.3) is 0 Å². The molecular formula is C11H11FO. The van der Waals surface area contributed by atoms with Gasteiger partial charge in [-0.05, 0) is 26.3 Å². The lowest BCUT2D eigenvalue weighted by Gasteiger charge is -2.32. The Morgan fingerprint density at radius 2 is 2.23 bits per heavy atom. The van der Waals surface area contributed by atoms with E-state index in [-0.39, 0.29) is 11.4 Å². The minimum atomic E-state index is -0.338. The SMILES string of the molecule is CC1(C)C[C]c2cccc(F)c2O1. The number of rotatable bonds is 0. The van der Waals surface area contributed by atoms with Crippen molar-refractivity contribution in [3.8, 4) is 5.75 Å². The van der Waals surface area contributed by atoms with E-state index in [0.717, 1.165) is 5.56 Å². The fraction of sp³-hybridized carbons (Fsp3) is 0.364. The van der Waals surface area contributed by atoms with Crippen molar-refractivity contribution < 1.29 is 9.13 Å². The lowest BCUT2D eigenvalue weighted by Crippen LogP contribution is -2.32. The smallest absolute Gasteiger partial charge is 0.165 e. The van der Waals surface area contributed by atoms with Crippen LogP contribution in [0.2, 0.25) is 0 Å². The summed E-state index contributed by atoms with van der Waals surface area (Å²) in [6.45, 7) is 3.85. The van der Waals surface area contributed by atoms with Crippen LogP contribution in [0.15, 0.2) is 18.2 Å². The number of hydrogen-bond donors (Lipinski definition) is 0.